The number of halogens is 1. The molecular weight excluding hydrogens is 522 g/mol. The quantitative estimate of drug-likeness (QED) is 0.374. The van der Waals surface area contributed by atoms with Crippen LogP contribution in [-0.2, 0) is 32.6 Å². The van der Waals surface area contributed by atoms with Crippen molar-refractivity contribution in [2.75, 3.05) is 24.2 Å². The number of likely N-dealkylation sites (N-methyl/N-ethyl adjacent to an activating group) is 1. The lowest BCUT2D eigenvalue weighted by molar-refractivity contribution is -0.139. The average molecular weight is 556 g/mol. The van der Waals surface area contributed by atoms with Crippen molar-refractivity contribution in [2.24, 2.45) is 0 Å². The van der Waals surface area contributed by atoms with Crippen molar-refractivity contribution < 1.29 is 18.0 Å². The van der Waals surface area contributed by atoms with Gasteiger partial charge in [0, 0.05) is 25.0 Å². The molecule has 0 bridgehead atoms. The Kier molecular flexibility index (Phi) is 9.94. The molecule has 2 amide bonds. The molecule has 7 nitrogen and oxygen atoms in total. The fraction of sp³-hybridized carbons (Fsp3) is 0.310. The van der Waals surface area contributed by atoms with E-state index >= 15 is 0 Å². The van der Waals surface area contributed by atoms with Crippen LogP contribution in [0.4, 0.5) is 5.69 Å². The van der Waals surface area contributed by atoms with Crippen LogP contribution in [0.15, 0.2) is 78.9 Å². The predicted molar refractivity (Wildman–Crippen MR) is 153 cm³/mol. The molecule has 0 aliphatic heterocycles. The molecule has 0 unspecified atom stereocenters. The highest BCUT2D eigenvalue weighted by atomic mass is 35.5. The van der Waals surface area contributed by atoms with Gasteiger partial charge < -0.3 is 10.2 Å². The zero-order chi connectivity index (χ0) is 27.9. The number of rotatable bonds is 11. The second-order valence-corrected chi connectivity index (χ2v) is 11.7. The summed E-state index contributed by atoms with van der Waals surface area (Å²) >= 11 is 6.44. The Labute approximate surface area is 230 Å². The highest BCUT2D eigenvalue weighted by molar-refractivity contribution is 7.92. The molecule has 0 saturated carbocycles. The summed E-state index contributed by atoms with van der Waals surface area (Å²) in [5.41, 5.74) is 2.76. The van der Waals surface area contributed by atoms with Gasteiger partial charge in [-0.25, -0.2) is 8.42 Å². The Bertz CT molecular complexity index is 1360. The minimum Gasteiger partial charge on any atom is -0.357 e. The number of nitrogens with zero attached hydrogens (tertiary/aromatic N) is 2. The molecule has 0 aliphatic rings. The van der Waals surface area contributed by atoms with Crippen molar-refractivity contribution in [2.45, 2.75) is 38.8 Å². The third-order valence-corrected chi connectivity index (χ3v) is 7.82. The highest BCUT2D eigenvalue weighted by Crippen LogP contribution is 2.29. The average Bonchev–Trinajstić information content (AvgIpc) is 2.89. The number of amides is 2. The smallest absolute Gasteiger partial charge is 0.244 e. The van der Waals surface area contributed by atoms with E-state index in [4.69, 9.17) is 11.6 Å². The minimum absolute atomic E-state index is 0.0291. The van der Waals surface area contributed by atoms with Crippen molar-refractivity contribution >= 4 is 39.1 Å². The summed E-state index contributed by atoms with van der Waals surface area (Å²) in [6, 6.07) is 22.7. The zero-order valence-electron chi connectivity index (χ0n) is 22.1. The maximum absolute atomic E-state index is 14.0. The summed E-state index contributed by atoms with van der Waals surface area (Å²) in [7, 11) is -2.32. The number of hydrogen-bond acceptors (Lipinski definition) is 4. The van der Waals surface area contributed by atoms with Gasteiger partial charge in [0.05, 0.1) is 11.9 Å². The van der Waals surface area contributed by atoms with Crippen LogP contribution in [0.1, 0.15) is 36.5 Å². The SMILES string of the molecule is CNC(=O)[C@@H](Cc1ccccc1)N(Cc1ccccc1Cl)C(=O)CN(c1ccccc1C(C)C)S(C)(=O)=O. The van der Waals surface area contributed by atoms with E-state index in [2.05, 4.69) is 5.32 Å². The van der Waals surface area contributed by atoms with E-state index in [-0.39, 0.29) is 24.8 Å². The first-order valence-electron chi connectivity index (χ1n) is 12.4. The predicted octanol–water partition coefficient (Wildman–Crippen LogP) is 4.62. The number of para-hydroxylation sites is 1. The second-order valence-electron chi connectivity index (χ2n) is 9.42. The standard InChI is InChI=1S/C29H34ClN3O4S/c1-21(2)24-15-9-11-17-26(24)33(38(4,36)37)20-28(34)32(19-23-14-8-10-16-25(23)30)27(29(35)31-3)18-22-12-6-5-7-13-22/h5-17,21,27H,18-20H2,1-4H3,(H,31,35)/t27-/m1/s1. The topological polar surface area (TPSA) is 86.8 Å². The molecule has 3 aromatic carbocycles. The van der Waals surface area contributed by atoms with Crippen LogP contribution < -0.4 is 9.62 Å². The van der Waals surface area contributed by atoms with Crippen LogP contribution in [0.3, 0.4) is 0 Å². The number of sulfonamides is 1. The van der Waals surface area contributed by atoms with E-state index in [1.165, 1.54) is 11.9 Å². The Balaban J connectivity index is 2.08. The molecule has 3 rings (SSSR count). The maximum Gasteiger partial charge on any atom is 0.244 e. The summed E-state index contributed by atoms with van der Waals surface area (Å²) in [4.78, 5) is 28.6. The fourth-order valence-electron chi connectivity index (χ4n) is 4.33. The zero-order valence-corrected chi connectivity index (χ0v) is 23.7. The van der Waals surface area contributed by atoms with Gasteiger partial charge >= 0.3 is 0 Å². The molecule has 0 saturated heterocycles. The lowest BCUT2D eigenvalue weighted by Crippen LogP contribution is -2.53. The van der Waals surface area contributed by atoms with Gasteiger partial charge in [-0.1, -0.05) is 92.2 Å². The number of benzene rings is 3. The minimum atomic E-state index is -3.83. The molecule has 0 fully saturated rings. The van der Waals surface area contributed by atoms with Gasteiger partial charge in [0.25, 0.3) is 0 Å². The summed E-state index contributed by atoms with van der Waals surface area (Å²) in [6.45, 7) is 3.50. The third kappa shape index (κ3) is 7.36. The van der Waals surface area contributed by atoms with Gasteiger partial charge in [-0.2, -0.15) is 0 Å². The largest absolute Gasteiger partial charge is 0.357 e. The lowest BCUT2D eigenvalue weighted by atomic mass is 10.0. The fourth-order valence-corrected chi connectivity index (χ4v) is 5.39. The molecule has 0 heterocycles. The molecule has 0 aromatic heterocycles. The number of nitrogens with one attached hydrogen (secondary N) is 1. The first-order chi connectivity index (χ1) is 18.0. The van der Waals surface area contributed by atoms with E-state index < -0.39 is 28.5 Å². The van der Waals surface area contributed by atoms with E-state index in [1.807, 2.05) is 56.3 Å². The first kappa shape index (κ1) is 29.2. The van der Waals surface area contributed by atoms with Gasteiger partial charge in [0.2, 0.25) is 21.8 Å². The summed E-state index contributed by atoms with van der Waals surface area (Å²) in [5.74, 6) is -0.845. The molecule has 38 heavy (non-hydrogen) atoms. The molecule has 0 radical (unpaired) electrons. The van der Waals surface area contributed by atoms with Crippen LogP contribution in [0.5, 0.6) is 0 Å². The number of carbonyl (C=O) groups is 2. The maximum atomic E-state index is 14.0. The van der Waals surface area contributed by atoms with Crippen molar-refractivity contribution in [3.05, 3.63) is 101 Å². The van der Waals surface area contributed by atoms with Crippen molar-refractivity contribution in [1.29, 1.82) is 0 Å². The summed E-state index contributed by atoms with van der Waals surface area (Å²) in [5, 5.41) is 3.11. The molecule has 202 valence electrons. The first-order valence-corrected chi connectivity index (χ1v) is 14.6. The summed E-state index contributed by atoms with van der Waals surface area (Å²) < 4.78 is 27.1. The van der Waals surface area contributed by atoms with Crippen molar-refractivity contribution in [1.82, 2.24) is 10.2 Å². The molecule has 0 spiro atoms. The van der Waals surface area contributed by atoms with Crippen LogP contribution >= 0.6 is 11.6 Å². The lowest BCUT2D eigenvalue weighted by Gasteiger charge is -2.34. The van der Waals surface area contributed by atoms with E-state index in [9.17, 15) is 18.0 Å². The Hall–Kier alpha value is -3.36. The van der Waals surface area contributed by atoms with Crippen LogP contribution in [-0.4, -0.2) is 51.0 Å². The monoisotopic (exact) mass is 555 g/mol. The Morgan fingerprint density at radius 2 is 1.53 bits per heavy atom. The van der Waals surface area contributed by atoms with Crippen LogP contribution in [0.2, 0.25) is 5.02 Å². The highest BCUT2D eigenvalue weighted by Gasteiger charge is 2.33. The normalized spacial score (nSPS) is 12.2. The van der Waals surface area contributed by atoms with E-state index in [0.717, 1.165) is 21.7 Å². The molecular formula is C29H34ClN3O4S. The number of anilines is 1. The van der Waals surface area contributed by atoms with Crippen LogP contribution in [0.25, 0.3) is 0 Å². The van der Waals surface area contributed by atoms with E-state index in [0.29, 0.717) is 16.3 Å². The Morgan fingerprint density at radius 3 is 2.13 bits per heavy atom. The number of hydrogen-bond donors (Lipinski definition) is 1. The van der Waals surface area contributed by atoms with Gasteiger partial charge in [0.1, 0.15) is 12.6 Å². The van der Waals surface area contributed by atoms with Crippen molar-refractivity contribution in [3.8, 4) is 0 Å². The van der Waals surface area contributed by atoms with Crippen LogP contribution in [0, 0.1) is 0 Å². The molecule has 3 aromatic rings. The second kappa shape index (κ2) is 12.9. The van der Waals surface area contributed by atoms with Gasteiger partial charge in [-0.3, -0.25) is 13.9 Å². The molecule has 9 heteroatoms. The van der Waals surface area contributed by atoms with E-state index in [1.54, 1.807) is 36.4 Å². The third-order valence-electron chi connectivity index (χ3n) is 6.32. The molecule has 1 N–H and O–H groups in total. The molecule has 0 aliphatic carbocycles. The number of carbonyl (C=O) groups excluding carboxylic acids is 2. The Morgan fingerprint density at radius 1 is 0.921 bits per heavy atom. The summed E-state index contributed by atoms with van der Waals surface area (Å²) in [6.07, 6.45) is 1.33. The van der Waals surface area contributed by atoms with Gasteiger partial charge in [-0.15, -0.1) is 0 Å². The van der Waals surface area contributed by atoms with Crippen molar-refractivity contribution in [3.63, 3.8) is 0 Å². The van der Waals surface area contributed by atoms with Gasteiger partial charge in [0.15, 0.2) is 0 Å². The van der Waals surface area contributed by atoms with Gasteiger partial charge in [-0.05, 0) is 34.7 Å². The molecule has 1 atom stereocenters.